The summed E-state index contributed by atoms with van der Waals surface area (Å²) in [5.74, 6) is -0.987. The highest BCUT2D eigenvalue weighted by Crippen LogP contribution is 2.37. The van der Waals surface area contributed by atoms with Crippen LogP contribution in [0.1, 0.15) is 22.6 Å². The van der Waals surface area contributed by atoms with Crippen LogP contribution in [0.2, 0.25) is 0 Å². The summed E-state index contributed by atoms with van der Waals surface area (Å²) >= 11 is 0. The van der Waals surface area contributed by atoms with E-state index in [2.05, 4.69) is 35.2 Å². The van der Waals surface area contributed by atoms with Crippen LogP contribution in [0.25, 0.3) is 22.2 Å². The van der Waals surface area contributed by atoms with Crippen LogP contribution < -0.4 is 20.9 Å². The SMILES string of the molecule is NC(=O)c1nc2c(-c3ccc(S(=O)(=O)N[C@@H]4CCNC4)c(S(N)(=O)=O)c3C3=NCN=N3)cccc2[nH]1. The Hall–Kier alpha value is -3.57. The largest absolute Gasteiger partial charge is 0.363 e. The highest BCUT2D eigenvalue weighted by Gasteiger charge is 2.34. The number of azo groups is 1. The molecule has 0 saturated carbocycles. The fourth-order valence-corrected chi connectivity index (χ4v) is 7.14. The molecule has 5 rings (SSSR count). The number of primary amides is 1. The van der Waals surface area contributed by atoms with Crippen molar-refractivity contribution in [1.82, 2.24) is 20.0 Å². The molecule has 14 nitrogen and oxygen atoms in total. The smallest absolute Gasteiger partial charge is 0.284 e. The maximum absolute atomic E-state index is 13.3. The number of aromatic nitrogens is 2. The number of nitrogens with one attached hydrogen (secondary N) is 3. The van der Waals surface area contributed by atoms with Gasteiger partial charge in [0.2, 0.25) is 20.0 Å². The van der Waals surface area contributed by atoms with Gasteiger partial charge in [-0.2, -0.15) is 5.11 Å². The molecule has 16 heteroatoms. The number of aromatic amines is 1. The number of benzene rings is 2. The van der Waals surface area contributed by atoms with Gasteiger partial charge in [-0.3, -0.25) is 4.79 Å². The van der Waals surface area contributed by atoms with Crippen molar-refractivity contribution in [2.75, 3.05) is 19.8 Å². The van der Waals surface area contributed by atoms with E-state index in [9.17, 15) is 21.6 Å². The number of rotatable bonds is 7. The van der Waals surface area contributed by atoms with Crippen molar-refractivity contribution >= 4 is 42.8 Å². The lowest BCUT2D eigenvalue weighted by molar-refractivity contribution is 0.0991. The van der Waals surface area contributed by atoms with E-state index in [0.717, 1.165) is 6.07 Å². The molecule has 2 aliphatic rings. The Balaban J connectivity index is 1.81. The molecule has 3 heterocycles. The van der Waals surface area contributed by atoms with Gasteiger partial charge in [0.25, 0.3) is 5.91 Å². The monoisotopic (exact) mass is 531 g/mol. The van der Waals surface area contributed by atoms with Crippen LogP contribution in [0.4, 0.5) is 0 Å². The molecule has 188 valence electrons. The molecule has 0 unspecified atom stereocenters. The topological polar surface area (TPSA) is 227 Å². The third-order valence-electron chi connectivity index (χ3n) is 5.79. The van der Waals surface area contributed by atoms with Crippen LogP contribution in [0, 0.1) is 0 Å². The lowest BCUT2D eigenvalue weighted by atomic mass is 9.97. The van der Waals surface area contributed by atoms with Gasteiger partial charge in [-0.05, 0) is 30.7 Å². The first kappa shape index (κ1) is 24.1. The number of hydrogen-bond acceptors (Lipinski definition) is 10. The Morgan fingerprint density at radius 3 is 2.56 bits per heavy atom. The highest BCUT2D eigenvalue weighted by atomic mass is 32.2. The number of amidine groups is 1. The lowest BCUT2D eigenvalue weighted by Gasteiger charge is -2.19. The summed E-state index contributed by atoms with van der Waals surface area (Å²) in [7, 11) is -8.95. The van der Waals surface area contributed by atoms with Crippen LogP contribution in [0.3, 0.4) is 0 Å². The van der Waals surface area contributed by atoms with Crippen molar-refractivity contribution in [1.29, 1.82) is 0 Å². The van der Waals surface area contributed by atoms with Gasteiger partial charge >= 0.3 is 0 Å². The second kappa shape index (κ2) is 8.82. The Morgan fingerprint density at radius 1 is 1.11 bits per heavy atom. The van der Waals surface area contributed by atoms with Crippen molar-refractivity contribution in [3.05, 3.63) is 41.7 Å². The van der Waals surface area contributed by atoms with Crippen molar-refractivity contribution in [2.45, 2.75) is 22.3 Å². The van der Waals surface area contributed by atoms with E-state index in [1.54, 1.807) is 18.2 Å². The van der Waals surface area contributed by atoms with Gasteiger partial charge in [-0.1, -0.05) is 18.2 Å². The quantitative estimate of drug-likeness (QED) is 0.275. The van der Waals surface area contributed by atoms with Crippen molar-refractivity contribution in [2.24, 2.45) is 26.1 Å². The number of primary sulfonamides is 1. The lowest BCUT2D eigenvalue weighted by Crippen LogP contribution is -2.37. The van der Waals surface area contributed by atoms with Crippen molar-refractivity contribution in [3.8, 4) is 11.1 Å². The second-order valence-electron chi connectivity index (χ2n) is 8.19. The zero-order valence-corrected chi connectivity index (χ0v) is 20.2. The van der Waals surface area contributed by atoms with Gasteiger partial charge in [0, 0.05) is 18.2 Å². The number of imidazole rings is 1. The minimum Gasteiger partial charge on any atom is -0.363 e. The summed E-state index contributed by atoms with van der Waals surface area (Å²) < 4.78 is 55.1. The number of aliphatic imine (C=N–C) groups is 1. The molecule has 0 radical (unpaired) electrons. The Labute approximate surface area is 205 Å². The molecule has 0 spiro atoms. The summed E-state index contributed by atoms with van der Waals surface area (Å²) in [6.45, 7) is 0.955. The zero-order valence-electron chi connectivity index (χ0n) is 18.6. The van der Waals surface area contributed by atoms with E-state index in [1.807, 2.05) is 0 Å². The van der Waals surface area contributed by atoms with E-state index < -0.39 is 41.8 Å². The molecule has 1 saturated heterocycles. The molecular weight excluding hydrogens is 510 g/mol. The molecule has 0 bridgehead atoms. The Bertz CT molecular complexity index is 1670. The molecule has 2 aliphatic heterocycles. The van der Waals surface area contributed by atoms with Crippen LogP contribution in [0.15, 0.2) is 55.3 Å². The predicted molar refractivity (Wildman–Crippen MR) is 129 cm³/mol. The molecular formula is C20H21N9O5S2. The van der Waals surface area contributed by atoms with Gasteiger partial charge in [-0.25, -0.2) is 36.7 Å². The van der Waals surface area contributed by atoms with Crippen LogP contribution in [-0.2, 0) is 20.0 Å². The molecule has 1 atom stereocenters. The fourth-order valence-electron chi connectivity index (χ4n) is 4.27. The molecule has 0 aliphatic carbocycles. The minimum atomic E-state index is -4.63. The van der Waals surface area contributed by atoms with Gasteiger partial charge in [-0.15, -0.1) is 5.11 Å². The third kappa shape index (κ3) is 4.28. The van der Waals surface area contributed by atoms with E-state index in [1.165, 1.54) is 6.07 Å². The van der Waals surface area contributed by atoms with E-state index in [-0.39, 0.29) is 29.5 Å². The molecule has 1 fully saturated rings. The van der Waals surface area contributed by atoms with Crippen molar-refractivity contribution in [3.63, 3.8) is 0 Å². The normalized spacial score (nSPS) is 18.1. The average molecular weight is 532 g/mol. The summed E-state index contributed by atoms with van der Waals surface area (Å²) in [6.07, 6.45) is 0.541. The molecule has 3 aromatic rings. The fraction of sp³-hybridized carbons (Fsp3) is 0.250. The number of carbonyl (C=O) groups is 1. The number of H-pyrrole nitrogens is 1. The van der Waals surface area contributed by atoms with Crippen LogP contribution in [-0.4, -0.2) is 64.3 Å². The number of carbonyl (C=O) groups excluding carboxylic acids is 1. The third-order valence-corrected chi connectivity index (χ3v) is 8.47. The summed E-state index contributed by atoms with van der Waals surface area (Å²) in [5.41, 5.74) is 6.58. The first-order valence-corrected chi connectivity index (χ1v) is 13.7. The van der Waals surface area contributed by atoms with Crippen LogP contribution >= 0.6 is 0 Å². The summed E-state index contributed by atoms with van der Waals surface area (Å²) in [5, 5.41) is 16.4. The number of hydrogen-bond donors (Lipinski definition) is 5. The van der Waals surface area contributed by atoms with E-state index >= 15 is 0 Å². The number of para-hydroxylation sites is 1. The maximum Gasteiger partial charge on any atom is 0.284 e. The van der Waals surface area contributed by atoms with Gasteiger partial charge < -0.3 is 16.0 Å². The number of sulfonamides is 2. The van der Waals surface area contributed by atoms with Crippen molar-refractivity contribution < 1.29 is 21.6 Å². The van der Waals surface area contributed by atoms with E-state index in [0.29, 0.717) is 36.1 Å². The van der Waals surface area contributed by atoms with Gasteiger partial charge in [0.05, 0.1) is 16.6 Å². The van der Waals surface area contributed by atoms with E-state index in [4.69, 9.17) is 10.9 Å². The number of amides is 1. The first-order valence-electron chi connectivity index (χ1n) is 10.7. The zero-order chi connectivity index (χ0) is 25.7. The standard InChI is InChI=1S/C20H21N9O5S2/c21-18(30)20-26-13-3-1-2-12(16(13)27-20)11-4-5-14(36(33,34)29-10-6-7-23-8-10)17(35(22,31)32)15(11)19-24-9-25-28-19/h1-5,10,23,29H,6-9H2,(H2,21,30)(H,26,27)(H2,22,31,32)/t10-/m1/s1. The highest BCUT2D eigenvalue weighted by molar-refractivity contribution is 7.92. The average Bonchev–Trinajstić information content (AvgIpc) is 3.58. The van der Waals surface area contributed by atoms with Gasteiger partial charge in [0.15, 0.2) is 18.3 Å². The second-order valence-corrected chi connectivity index (χ2v) is 11.4. The predicted octanol–water partition coefficient (Wildman–Crippen LogP) is -0.214. The van der Waals surface area contributed by atoms with Gasteiger partial charge in [0.1, 0.15) is 9.79 Å². The molecule has 1 amide bonds. The maximum atomic E-state index is 13.3. The number of nitrogens with zero attached hydrogens (tertiary/aromatic N) is 4. The summed E-state index contributed by atoms with van der Waals surface area (Å²) in [4.78, 5) is 21.7. The Kier molecular flexibility index (Phi) is 5.92. The minimum absolute atomic E-state index is 0.0692. The first-order chi connectivity index (χ1) is 17.1. The van der Waals surface area contributed by atoms with Crippen LogP contribution in [0.5, 0.6) is 0 Å². The number of nitrogens with two attached hydrogens (primary N) is 2. The molecule has 7 N–H and O–H groups in total. The number of fused-ring (bicyclic) bond motifs is 1. The molecule has 2 aromatic carbocycles. The molecule has 1 aromatic heterocycles. The Morgan fingerprint density at radius 2 is 1.92 bits per heavy atom. The summed E-state index contributed by atoms with van der Waals surface area (Å²) in [6, 6.07) is 7.11. The molecule has 36 heavy (non-hydrogen) atoms.